The van der Waals surface area contributed by atoms with Crippen LogP contribution in [0.3, 0.4) is 0 Å². The van der Waals surface area contributed by atoms with Gasteiger partial charge in [-0.2, -0.15) is 4.98 Å². The summed E-state index contributed by atoms with van der Waals surface area (Å²) in [6, 6.07) is 1.35. The summed E-state index contributed by atoms with van der Waals surface area (Å²) in [5.74, 6) is 0.0167. The van der Waals surface area contributed by atoms with Crippen LogP contribution in [0.4, 0.5) is 5.82 Å². The molecule has 124 valence electrons. The van der Waals surface area contributed by atoms with Crippen LogP contribution in [0.25, 0.3) is 0 Å². The van der Waals surface area contributed by atoms with Gasteiger partial charge in [-0.3, -0.25) is 9.13 Å². The molecule has 5 N–H and O–H groups in total. The Bertz CT molecular complexity index is 631. The molecule has 0 bridgehead atoms. The van der Waals surface area contributed by atoms with Crippen LogP contribution in [0.1, 0.15) is 6.23 Å². The molecule has 4 atom stereocenters. The van der Waals surface area contributed by atoms with Crippen molar-refractivity contribution in [3.63, 3.8) is 0 Å². The van der Waals surface area contributed by atoms with E-state index in [1.54, 1.807) is 0 Å². The first-order valence-electron chi connectivity index (χ1n) is 6.10. The third-order valence-corrected chi connectivity index (χ3v) is 3.46. The van der Waals surface area contributed by atoms with Gasteiger partial charge in [0.05, 0.1) is 0 Å². The third-order valence-electron chi connectivity index (χ3n) is 2.97. The number of rotatable bonds is 5. The second kappa shape index (κ2) is 6.42. The van der Waals surface area contributed by atoms with E-state index in [0.29, 0.717) is 0 Å². The summed E-state index contributed by atoms with van der Waals surface area (Å²) >= 11 is 0. The summed E-state index contributed by atoms with van der Waals surface area (Å²) in [6.45, 7) is 0. The van der Waals surface area contributed by atoms with E-state index in [2.05, 4.69) is 4.98 Å². The minimum Gasteiger partial charge on any atom is -0.385 e. The number of nitrogens with zero attached hydrogens (tertiary/aromatic N) is 2. The van der Waals surface area contributed by atoms with E-state index in [4.69, 9.17) is 29.7 Å². The molecule has 1 aromatic heterocycles. The van der Waals surface area contributed by atoms with E-state index < -0.39 is 44.4 Å². The van der Waals surface area contributed by atoms with Crippen molar-refractivity contribution in [2.45, 2.75) is 24.7 Å². The predicted molar refractivity (Wildman–Crippen MR) is 71.6 cm³/mol. The summed E-state index contributed by atoms with van der Waals surface area (Å²) < 4.78 is 27.1. The SMILES string of the molecule is CO[C@H]1C(O)[C@@H](OCP(=O)(O)O)O[C@H]1n1ccc(N)nc1=O. The summed E-state index contributed by atoms with van der Waals surface area (Å²) in [5, 5.41) is 10.0. The van der Waals surface area contributed by atoms with Crippen LogP contribution in [0, 0.1) is 0 Å². The molecule has 1 fully saturated rings. The van der Waals surface area contributed by atoms with E-state index in [1.807, 2.05) is 0 Å². The topological polar surface area (TPSA) is 166 Å². The Kier molecular flexibility index (Phi) is 4.97. The fraction of sp³-hybridized carbons (Fsp3) is 0.600. The van der Waals surface area contributed by atoms with E-state index in [9.17, 15) is 14.5 Å². The molecule has 0 radical (unpaired) electrons. The first-order chi connectivity index (χ1) is 10.2. The maximum absolute atomic E-state index is 11.8. The number of aromatic nitrogens is 2. The third kappa shape index (κ3) is 3.70. The van der Waals surface area contributed by atoms with Gasteiger partial charge in [-0.05, 0) is 6.07 Å². The first kappa shape index (κ1) is 17.0. The lowest BCUT2D eigenvalue weighted by Crippen LogP contribution is -2.37. The van der Waals surface area contributed by atoms with Gasteiger partial charge < -0.3 is 34.8 Å². The molecule has 2 heterocycles. The van der Waals surface area contributed by atoms with Gasteiger partial charge in [0.25, 0.3) is 0 Å². The molecule has 11 nitrogen and oxygen atoms in total. The molecule has 12 heteroatoms. The van der Waals surface area contributed by atoms with E-state index in [1.165, 1.54) is 19.4 Å². The fourth-order valence-corrected chi connectivity index (χ4v) is 2.37. The van der Waals surface area contributed by atoms with Crippen molar-refractivity contribution in [3.8, 4) is 0 Å². The van der Waals surface area contributed by atoms with Crippen LogP contribution in [0.15, 0.2) is 17.1 Å². The van der Waals surface area contributed by atoms with E-state index in [0.717, 1.165) is 4.57 Å². The highest BCUT2D eigenvalue weighted by molar-refractivity contribution is 7.51. The van der Waals surface area contributed by atoms with Gasteiger partial charge in [0, 0.05) is 13.3 Å². The highest BCUT2D eigenvalue weighted by Gasteiger charge is 2.46. The van der Waals surface area contributed by atoms with Crippen LogP contribution in [-0.2, 0) is 18.8 Å². The number of aliphatic hydroxyl groups excluding tert-OH is 1. The lowest BCUT2D eigenvalue weighted by molar-refractivity contribution is -0.168. The summed E-state index contributed by atoms with van der Waals surface area (Å²) in [4.78, 5) is 32.9. The Balaban J connectivity index is 2.21. The Labute approximate surface area is 124 Å². The zero-order valence-electron chi connectivity index (χ0n) is 11.5. The highest BCUT2D eigenvalue weighted by atomic mass is 31.2. The Morgan fingerprint density at radius 3 is 2.77 bits per heavy atom. The molecule has 0 spiro atoms. The zero-order valence-corrected chi connectivity index (χ0v) is 12.4. The predicted octanol–water partition coefficient (Wildman–Crippen LogP) is -1.79. The summed E-state index contributed by atoms with van der Waals surface area (Å²) in [5.41, 5.74) is 4.66. The minimum atomic E-state index is -4.43. The lowest BCUT2D eigenvalue weighted by Gasteiger charge is -2.19. The fourth-order valence-electron chi connectivity index (χ4n) is 2.03. The number of nitrogens with two attached hydrogens (primary N) is 1. The van der Waals surface area contributed by atoms with Gasteiger partial charge in [-0.15, -0.1) is 0 Å². The monoisotopic (exact) mass is 337 g/mol. The second-order valence-electron chi connectivity index (χ2n) is 4.59. The molecular formula is C10H16N3O8P. The van der Waals surface area contributed by atoms with Crippen molar-refractivity contribution in [1.82, 2.24) is 9.55 Å². The first-order valence-corrected chi connectivity index (χ1v) is 7.90. The normalized spacial score (nSPS) is 28.9. The van der Waals surface area contributed by atoms with Gasteiger partial charge in [-0.25, -0.2) is 4.79 Å². The molecule has 1 unspecified atom stereocenters. The number of methoxy groups -OCH3 is 1. The number of aliphatic hydroxyl groups is 1. The molecule has 1 aromatic rings. The van der Waals surface area contributed by atoms with Gasteiger partial charge in [-0.1, -0.05) is 0 Å². The smallest absolute Gasteiger partial charge is 0.351 e. The Hall–Kier alpha value is -1.33. The summed E-state index contributed by atoms with van der Waals surface area (Å²) in [6.07, 6.45) is -4.43. The van der Waals surface area contributed by atoms with Crippen molar-refractivity contribution in [2.75, 3.05) is 19.2 Å². The average molecular weight is 337 g/mol. The maximum atomic E-state index is 11.8. The Morgan fingerprint density at radius 1 is 1.55 bits per heavy atom. The highest BCUT2D eigenvalue weighted by Crippen LogP contribution is 2.37. The van der Waals surface area contributed by atoms with Gasteiger partial charge in [0.15, 0.2) is 18.9 Å². The van der Waals surface area contributed by atoms with Gasteiger partial charge >= 0.3 is 13.3 Å². The average Bonchev–Trinajstić information content (AvgIpc) is 2.72. The quantitative estimate of drug-likeness (QED) is 0.450. The Morgan fingerprint density at radius 2 is 2.23 bits per heavy atom. The van der Waals surface area contributed by atoms with Crippen molar-refractivity contribution in [2.24, 2.45) is 0 Å². The lowest BCUT2D eigenvalue weighted by atomic mass is 10.2. The van der Waals surface area contributed by atoms with Crippen molar-refractivity contribution < 1.29 is 33.7 Å². The van der Waals surface area contributed by atoms with E-state index in [-0.39, 0.29) is 5.82 Å². The minimum absolute atomic E-state index is 0.0167. The van der Waals surface area contributed by atoms with Crippen LogP contribution in [-0.4, -0.2) is 56.4 Å². The van der Waals surface area contributed by atoms with E-state index >= 15 is 0 Å². The summed E-state index contributed by atoms with van der Waals surface area (Å²) in [7, 11) is -3.15. The van der Waals surface area contributed by atoms with Gasteiger partial charge in [0.2, 0.25) is 0 Å². The maximum Gasteiger partial charge on any atom is 0.351 e. The van der Waals surface area contributed by atoms with Crippen LogP contribution < -0.4 is 11.4 Å². The molecule has 1 aliphatic rings. The molecule has 0 aromatic carbocycles. The van der Waals surface area contributed by atoms with Crippen molar-refractivity contribution in [3.05, 3.63) is 22.7 Å². The van der Waals surface area contributed by atoms with Crippen molar-refractivity contribution in [1.29, 1.82) is 0 Å². The molecule has 22 heavy (non-hydrogen) atoms. The molecule has 1 saturated heterocycles. The second-order valence-corrected chi connectivity index (χ2v) is 6.18. The number of nitrogen functional groups attached to an aromatic ring is 1. The molecule has 0 saturated carbocycles. The van der Waals surface area contributed by atoms with Crippen LogP contribution >= 0.6 is 7.60 Å². The number of anilines is 1. The molecule has 0 amide bonds. The number of ether oxygens (including phenoxy) is 3. The molecule has 0 aliphatic carbocycles. The number of hydrogen-bond acceptors (Lipinski definition) is 8. The van der Waals surface area contributed by atoms with Crippen LogP contribution in [0.5, 0.6) is 0 Å². The zero-order chi connectivity index (χ0) is 16.5. The largest absolute Gasteiger partial charge is 0.385 e. The number of hydrogen-bond donors (Lipinski definition) is 4. The molecule has 2 rings (SSSR count). The van der Waals surface area contributed by atoms with Gasteiger partial charge in [0.1, 0.15) is 18.0 Å². The molecular weight excluding hydrogens is 321 g/mol. The van der Waals surface area contributed by atoms with Crippen molar-refractivity contribution >= 4 is 13.4 Å². The standard InChI is InChI=1S/C10H16N3O8P/c1-19-7-6(14)9(20-4-22(16,17)18)21-8(7)13-3-2-5(11)12-10(13)15/h2-3,6-9,14H,4H2,1H3,(H2,11,12,15)(H2,16,17,18)/t6?,7-,8+,9-/m0/s1. The van der Waals surface area contributed by atoms with Crippen LogP contribution in [0.2, 0.25) is 0 Å². The molecule has 1 aliphatic heterocycles.